The second kappa shape index (κ2) is 2.41. The summed E-state index contributed by atoms with van der Waals surface area (Å²) in [6.07, 6.45) is 7.30. The van der Waals surface area contributed by atoms with Crippen molar-refractivity contribution in [2.45, 2.75) is 45.1 Å². The molecule has 0 radical (unpaired) electrons. The van der Waals surface area contributed by atoms with E-state index in [4.69, 9.17) is 4.74 Å². The highest BCUT2D eigenvalue weighted by atomic mass is 16.5. The number of fused-ring (bicyclic) bond motifs is 2. The van der Waals surface area contributed by atoms with Crippen molar-refractivity contribution in [3.8, 4) is 0 Å². The third kappa shape index (κ3) is 0.857. The van der Waals surface area contributed by atoms with Crippen LogP contribution in [0.15, 0.2) is 0 Å². The molecule has 2 nitrogen and oxygen atoms in total. The summed E-state index contributed by atoms with van der Waals surface area (Å²) in [5.41, 5.74) is 0.647. The smallest absolute Gasteiger partial charge is 0.302 e. The molecule has 6 unspecified atom stereocenters. The number of carbonyl (C=O) groups is 1. The van der Waals surface area contributed by atoms with Crippen molar-refractivity contribution in [1.29, 1.82) is 0 Å². The zero-order chi connectivity index (χ0) is 10.2. The van der Waals surface area contributed by atoms with Gasteiger partial charge < -0.3 is 4.74 Å². The molecular weight excluding hydrogens is 188 g/mol. The Kier molecular flexibility index (Phi) is 1.38. The van der Waals surface area contributed by atoms with Gasteiger partial charge in [0.1, 0.15) is 6.10 Å². The minimum absolute atomic E-state index is 0.0664. The molecule has 3 bridgehead atoms. The van der Waals surface area contributed by atoms with Gasteiger partial charge in [0.25, 0.3) is 0 Å². The lowest BCUT2D eigenvalue weighted by atomic mass is 9.55. The highest BCUT2D eigenvalue weighted by Gasteiger charge is 2.70. The molecule has 0 aliphatic heterocycles. The molecule has 4 rings (SSSR count). The summed E-state index contributed by atoms with van der Waals surface area (Å²) in [4.78, 5) is 11.1. The highest BCUT2D eigenvalue weighted by molar-refractivity contribution is 5.66. The number of hydrogen-bond acceptors (Lipinski definition) is 2. The average Bonchev–Trinajstić information content (AvgIpc) is 2.45. The van der Waals surface area contributed by atoms with Gasteiger partial charge in [-0.2, -0.15) is 0 Å². The summed E-state index contributed by atoms with van der Waals surface area (Å²) in [5.74, 6) is 3.36. The fourth-order valence-corrected chi connectivity index (χ4v) is 5.58. The third-order valence-corrected chi connectivity index (χ3v) is 5.82. The molecule has 0 saturated heterocycles. The Labute approximate surface area is 90.4 Å². The lowest BCUT2D eigenvalue weighted by molar-refractivity contribution is -0.156. The standard InChI is InChI=1S/C13H18O2/c1-7(14)15-12-9-2-8-3-10-4-11(12)13(10,5-8)6-9/h8-12H,2-6H2,1H3. The van der Waals surface area contributed by atoms with Crippen molar-refractivity contribution in [3.63, 3.8) is 0 Å². The van der Waals surface area contributed by atoms with Gasteiger partial charge in [-0.25, -0.2) is 0 Å². The first-order chi connectivity index (χ1) is 7.19. The van der Waals surface area contributed by atoms with Gasteiger partial charge in [0.15, 0.2) is 0 Å². The van der Waals surface area contributed by atoms with Gasteiger partial charge in [0.2, 0.25) is 0 Å². The average molecular weight is 206 g/mol. The van der Waals surface area contributed by atoms with E-state index < -0.39 is 0 Å². The Morgan fingerprint density at radius 2 is 2.13 bits per heavy atom. The minimum atomic E-state index is -0.0664. The first-order valence-corrected chi connectivity index (χ1v) is 6.36. The van der Waals surface area contributed by atoms with Gasteiger partial charge in [0.05, 0.1) is 0 Å². The number of carbonyl (C=O) groups excluding carboxylic acids is 1. The van der Waals surface area contributed by atoms with Crippen LogP contribution in [0.5, 0.6) is 0 Å². The molecule has 4 aliphatic carbocycles. The summed E-state index contributed by atoms with van der Waals surface area (Å²) >= 11 is 0. The number of ether oxygens (including phenoxy) is 1. The van der Waals surface area contributed by atoms with E-state index in [1.165, 1.54) is 32.1 Å². The van der Waals surface area contributed by atoms with E-state index in [-0.39, 0.29) is 5.97 Å². The summed E-state index contributed by atoms with van der Waals surface area (Å²) in [6.45, 7) is 1.56. The molecule has 1 spiro atoms. The molecular formula is C13H18O2. The largest absolute Gasteiger partial charge is 0.462 e. The second-order valence-electron chi connectivity index (χ2n) is 6.35. The van der Waals surface area contributed by atoms with Crippen molar-refractivity contribution in [1.82, 2.24) is 0 Å². The molecule has 0 aromatic heterocycles. The monoisotopic (exact) mass is 206 g/mol. The quantitative estimate of drug-likeness (QED) is 0.616. The Morgan fingerprint density at radius 3 is 2.93 bits per heavy atom. The Hall–Kier alpha value is -0.530. The van der Waals surface area contributed by atoms with E-state index in [1.54, 1.807) is 6.92 Å². The maximum absolute atomic E-state index is 11.1. The van der Waals surface area contributed by atoms with Crippen LogP contribution in [0.2, 0.25) is 0 Å². The van der Waals surface area contributed by atoms with Crippen LogP contribution in [0, 0.1) is 29.1 Å². The Morgan fingerprint density at radius 1 is 1.27 bits per heavy atom. The van der Waals surface area contributed by atoms with Gasteiger partial charge in [-0.3, -0.25) is 4.79 Å². The fraction of sp³-hybridized carbons (Fsp3) is 0.923. The summed E-state index contributed by atoms with van der Waals surface area (Å²) in [5, 5.41) is 0. The Bertz CT molecular complexity index is 337. The second-order valence-corrected chi connectivity index (χ2v) is 6.35. The van der Waals surface area contributed by atoms with E-state index in [0.717, 1.165) is 17.8 Å². The lowest BCUT2D eigenvalue weighted by Crippen LogP contribution is -2.46. The van der Waals surface area contributed by atoms with Crippen LogP contribution in [0.25, 0.3) is 0 Å². The maximum Gasteiger partial charge on any atom is 0.302 e. The normalized spacial score (nSPS) is 58.9. The van der Waals surface area contributed by atoms with Crippen molar-refractivity contribution >= 4 is 5.97 Å². The van der Waals surface area contributed by atoms with Crippen LogP contribution < -0.4 is 0 Å². The fourth-order valence-electron chi connectivity index (χ4n) is 5.58. The van der Waals surface area contributed by atoms with Crippen LogP contribution in [-0.2, 0) is 9.53 Å². The van der Waals surface area contributed by atoms with Crippen LogP contribution in [-0.4, -0.2) is 12.1 Å². The van der Waals surface area contributed by atoms with Gasteiger partial charge in [0, 0.05) is 12.8 Å². The zero-order valence-electron chi connectivity index (χ0n) is 9.24. The molecule has 82 valence electrons. The van der Waals surface area contributed by atoms with Gasteiger partial charge in [-0.15, -0.1) is 0 Å². The minimum Gasteiger partial charge on any atom is -0.462 e. The zero-order valence-corrected chi connectivity index (χ0v) is 9.24. The van der Waals surface area contributed by atoms with Gasteiger partial charge >= 0.3 is 5.97 Å². The third-order valence-electron chi connectivity index (χ3n) is 5.82. The summed E-state index contributed by atoms with van der Waals surface area (Å²) in [6, 6.07) is 0. The highest BCUT2D eigenvalue weighted by Crippen LogP contribution is 2.75. The molecule has 0 N–H and O–H groups in total. The number of rotatable bonds is 1. The Balaban J connectivity index is 1.68. The van der Waals surface area contributed by atoms with E-state index in [1.807, 2.05) is 0 Å². The van der Waals surface area contributed by atoms with E-state index >= 15 is 0 Å². The molecule has 0 heterocycles. The van der Waals surface area contributed by atoms with Gasteiger partial charge in [-0.1, -0.05) is 0 Å². The summed E-state index contributed by atoms with van der Waals surface area (Å²) in [7, 11) is 0. The SMILES string of the molecule is CC(=O)OC1C2CC3CC4CC1C4(C3)C2. The van der Waals surface area contributed by atoms with Crippen LogP contribution in [0.4, 0.5) is 0 Å². The topological polar surface area (TPSA) is 26.3 Å². The first kappa shape index (κ1) is 8.60. The van der Waals surface area contributed by atoms with Crippen LogP contribution in [0.1, 0.15) is 39.0 Å². The molecule has 0 amide bonds. The van der Waals surface area contributed by atoms with Crippen LogP contribution in [0.3, 0.4) is 0 Å². The van der Waals surface area contributed by atoms with E-state index in [2.05, 4.69) is 0 Å². The molecule has 2 heteroatoms. The van der Waals surface area contributed by atoms with E-state index in [0.29, 0.717) is 17.4 Å². The first-order valence-electron chi connectivity index (χ1n) is 6.36. The predicted octanol–water partition coefficient (Wildman–Crippen LogP) is 2.37. The van der Waals surface area contributed by atoms with Crippen LogP contribution >= 0.6 is 0 Å². The molecule has 15 heavy (non-hydrogen) atoms. The molecule has 4 aliphatic rings. The van der Waals surface area contributed by atoms with E-state index in [9.17, 15) is 4.79 Å². The number of hydrogen-bond donors (Lipinski definition) is 0. The number of esters is 1. The predicted molar refractivity (Wildman–Crippen MR) is 55.0 cm³/mol. The molecule has 0 aromatic rings. The van der Waals surface area contributed by atoms with Crippen molar-refractivity contribution in [3.05, 3.63) is 0 Å². The lowest BCUT2D eigenvalue weighted by Gasteiger charge is -2.50. The van der Waals surface area contributed by atoms with Gasteiger partial charge in [-0.05, 0) is 55.3 Å². The molecule has 4 saturated carbocycles. The molecule has 0 aromatic carbocycles. The molecule has 4 fully saturated rings. The van der Waals surface area contributed by atoms with Crippen molar-refractivity contribution < 1.29 is 9.53 Å². The van der Waals surface area contributed by atoms with Crippen molar-refractivity contribution in [2.75, 3.05) is 0 Å². The van der Waals surface area contributed by atoms with Crippen molar-refractivity contribution in [2.24, 2.45) is 29.1 Å². The summed E-state index contributed by atoms with van der Waals surface area (Å²) < 4.78 is 5.58. The maximum atomic E-state index is 11.1. The molecule has 6 atom stereocenters.